The fourth-order valence-corrected chi connectivity index (χ4v) is 4.03. The quantitative estimate of drug-likeness (QED) is 0.255. The molecule has 2 heterocycles. The van der Waals surface area contributed by atoms with E-state index in [1.54, 1.807) is 22.7 Å². The molecule has 2 aromatic heterocycles. The second kappa shape index (κ2) is 9.51. The van der Waals surface area contributed by atoms with E-state index in [0.717, 1.165) is 26.1 Å². The number of aryl methyl sites for hydroxylation is 3. The molecule has 32 heavy (non-hydrogen) atoms. The summed E-state index contributed by atoms with van der Waals surface area (Å²) in [7, 11) is 1.63. The summed E-state index contributed by atoms with van der Waals surface area (Å²) in [5.74, 6) is 2.55. The molecule has 0 amide bonds. The van der Waals surface area contributed by atoms with Crippen LogP contribution in [0.1, 0.15) is 28.3 Å². The van der Waals surface area contributed by atoms with Gasteiger partial charge in [-0.2, -0.15) is 14.9 Å². The lowest BCUT2D eigenvalue weighted by Gasteiger charge is -2.13. The van der Waals surface area contributed by atoms with E-state index in [1.807, 2.05) is 69.3 Å². The minimum atomic E-state index is 0.465. The summed E-state index contributed by atoms with van der Waals surface area (Å²) in [6.07, 6.45) is 1.75. The van der Waals surface area contributed by atoms with E-state index >= 15 is 0 Å². The molecule has 0 aliphatic carbocycles. The number of hydrogen-bond acceptors (Lipinski definition) is 6. The van der Waals surface area contributed by atoms with Crippen molar-refractivity contribution in [2.45, 2.75) is 27.4 Å². The SMILES string of the molecule is COc1cc(C=Nn2c(C)nnc2-n2nc(C)cc2C)cc(I)c1OCc1ccccc1. The fraction of sp³-hybridized carbons (Fsp3) is 0.217. The zero-order valence-corrected chi connectivity index (χ0v) is 20.4. The van der Waals surface area contributed by atoms with Crippen molar-refractivity contribution in [1.82, 2.24) is 24.7 Å². The fourth-order valence-electron chi connectivity index (χ4n) is 3.25. The van der Waals surface area contributed by atoms with Crippen molar-refractivity contribution in [3.05, 3.63) is 80.4 Å². The average molecular weight is 542 g/mol. The molecule has 0 atom stereocenters. The van der Waals surface area contributed by atoms with Gasteiger partial charge < -0.3 is 9.47 Å². The Morgan fingerprint density at radius 2 is 1.84 bits per heavy atom. The Morgan fingerprint density at radius 1 is 1.06 bits per heavy atom. The zero-order chi connectivity index (χ0) is 22.7. The predicted molar refractivity (Wildman–Crippen MR) is 131 cm³/mol. The number of benzene rings is 2. The van der Waals surface area contributed by atoms with Crippen LogP contribution in [-0.2, 0) is 6.61 Å². The lowest BCUT2D eigenvalue weighted by atomic mass is 10.2. The third-order valence-corrected chi connectivity index (χ3v) is 5.58. The molecule has 0 N–H and O–H groups in total. The molecule has 0 fully saturated rings. The minimum absolute atomic E-state index is 0.465. The van der Waals surface area contributed by atoms with E-state index in [1.165, 1.54) is 0 Å². The monoisotopic (exact) mass is 542 g/mol. The van der Waals surface area contributed by atoms with Gasteiger partial charge in [-0.05, 0) is 72.7 Å². The summed E-state index contributed by atoms with van der Waals surface area (Å²) in [5.41, 5.74) is 3.83. The maximum Gasteiger partial charge on any atom is 0.273 e. The summed E-state index contributed by atoms with van der Waals surface area (Å²) in [5, 5.41) is 17.5. The number of hydrogen-bond donors (Lipinski definition) is 0. The van der Waals surface area contributed by atoms with Crippen LogP contribution < -0.4 is 9.47 Å². The van der Waals surface area contributed by atoms with Gasteiger partial charge in [0.05, 0.1) is 22.6 Å². The first kappa shape index (κ1) is 22.0. The van der Waals surface area contributed by atoms with Gasteiger partial charge in [0.2, 0.25) is 0 Å². The van der Waals surface area contributed by atoms with Crippen LogP contribution in [0.4, 0.5) is 0 Å². The highest BCUT2D eigenvalue weighted by Crippen LogP contribution is 2.34. The second-order valence-electron chi connectivity index (χ2n) is 7.25. The third kappa shape index (κ3) is 4.67. The van der Waals surface area contributed by atoms with Gasteiger partial charge in [-0.15, -0.1) is 10.2 Å². The van der Waals surface area contributed by atoms with Gasteiger partial charge in [0, 0.05) is 5.69 Å². The Balaban J connectivity index is 1.61. The molecule has 0 aliphatic heterocycles. The molecular weight excluding hydrogens is 519 g/mol. The topological polar surface area (TPSA) is 79.4 Å². The zero-order valence-electron chi connectivity index (χ0n) is 18.3. The van der Waals surface area contributed by atoms with Gasteiger partial charge in [-0.3, -0.25) is 0 Å². The maximum atomic E-state index is 6.05. The molecule has 4 aromatic rings. The molecule has 4 rings (SSSR count). The smallest absolute Gasteiger partial charge is 0.273 e. The van der Waals surface area contributed by atoms with Gasteiger partial charge in [0.1, 0.15) is 6.61 Å². The number of aromatic nitrogens is 5. The number of halogens is 1. The maximum absolute atomic E-state index is 6.05. The molecule has 9 heteroatoms. The van der Waals surface area contributed by atoms with Crippen molar-refractivity contribution in [3.8, 4) is 17.4 Å². The van der Waals surface area contributed by atoms with Crippen LogP contribution in [0.15, 0.2) is 53.6 Å². The Labute approximate surface area is 200 Å². The van der Waals surface area contributed by atoms with Crippen molar-refractivity contribution in [3.63, 3.8) is 0 Å². The number of rotatable bonds is 7. The van der Waals surface area contributed by atoms with Gasteiger partial charge in [0.15, 0.2) is 17.3 Å². The lowest BCUT2D eigenvalue weighted by molar-refractivity contribution is 0.282. The number of nitrogens with zero attached hydrogens (tertiary/aromatic N) is 6. The van der Waals surface area contributed by atoms with E-state index in [9.17, 15) is 0 Å². The molecule has 164 valence electrons. The number of methoxy groups -OCH3 is 1. The highest BCUT2D eigenvalue weighted by atomic mass is 127. The molecule has 0 aliphatic rings. The molecule has 0 bridgehead atoms. The van der Waals surface area contributed by atoms with Crippen molar-refractivity contribution in [1.29, 1.82) is 0 Å². The van der Waals surface area contributed by atoms with E-state index in [2.05, 4.69) is 43.0 Å². The van der Waals surface area contributed by atoms with Crippen molar-refractivity contribution in [2.75, 3.05) is 7.11 Å². The molecular formula is C23H23IN6O2. The van der Waals surface area contributed by atoms with Crippen LogP contribution in [0, 0.1) is 24.3 Å². The summed E-state index contributed by atoms with van der Waals surface area (Å²) < 4.78 is 16.0. The van der Waals surface area contributed by atoms with Gasteiger partial charge >= 0.3 is 0 Å². The van der Waals surface area contributed by atoms with Gasteiger partial charge in [-0.25, -0.2) is 4.68 Å². The molecule has 8 nitrogen and oxygen atoms in total. The summed E-state index contributed by atoms with van der Waals surface area (Å²) in [6, 6.07) is 15.9. The highest BCUT2D eigenvalue weighted by molar-refractivity contribution is 14.1. The number of ether oxygens (including phenoxy) is 2. The Bertz CT molecular complexity index is 1260. The van der Waals surface area contributed by atoms with E-state index in [4.69, 9.17) is 9.47 Å². The van der Waals surface area contributed by atoms with E-state index < -0.39 is 0 Å². The average Bonchev–Trinajstić information content (AvgIpc) is 3.32. The molecule has 0 spiro atoms. The van der Waals surface area contributed by atoms with Crippen LogP contribution in [0.5, 0.6) is 11.5 Å². The lowest BCUT2D eigenvalue weighted by Crippen LogP contribution is -2.08. The Kier molecular flexibility index (Phi) is 6.54. The van der Waals surface area contributed by atoms with E-state index in [0.29, 0.717) is 29.9 Å². The van der Waals surface area contributed by atoms with Gasteiger partial charge in [-0.1, -0.05) is 30.3 Å². The normalized spacial score (nSPS) is 11.3. The molecule has 2 aromatic carbocycles. The Hall–Kier alpha value is -3.21. The first-order chi connectivity index (χ1) is 15.5. The van der Waals surface area contributed by atoms with Crippen molar-refractivity contribution < 1.29 is 9.47 Å². The van der Waals surface area contributed by atoms with Gasteiger partial charge in [0.25, 0.3) is 5.95 Å². The molecule has 0 unspecified atom stereocenters. The third-order valence-electron chi connectivity index (χ3n) is 4.78. The van der Waals surface area contributed by atoms with E-state index in [-0.39, 0.29) is 0 Å². The minimum Gasteiger partial charge on any atom is -0.493 e. The summed E-state index contributed by atoms with van der Waals surface area (Å²) in [6.45, 7) is 6.23. The first-order valence-electron chi connectivity index (χ1n) is 10.0. The van der Waals surface area contributed by atoms with Crippen LogP contribution in [0.25, 0.3) is 5.95 Å². The first-order valence-corrected chi connectivity index (χ1v) is 11.1. The standard InChI is InChI=1S/C23H23IN6O2/c1-15-10-16(2)29(28-15)23-27-26-17(3)30(23)25-13-19-11-20(24)22(21(12-19)31-4)32-14-18-8-6-5-7-9-18/h5-13H,14H2,1-4H3. The molecule has 0 saturated carbocycles. The van der Waals surface area contributed by atoms with Crippen LogP contribution in [0.3, 0.4) is 0 Å². The Morgan fingerprint density at radius 3 is 2.53 bits per heavy atom. The summed E-state index contributed by atoms with van der Waals surface area (Å²) >= 11 is 2.25. The van der Waals surface area contributed by atoms with Crippen molar-refractivity contribution >= 4 is 28.8 Å². The second-order valence-corrected chi connectivity index (χ2v) is 8.41. The highest BCUT2D eigenvalue weighted by Gasteiger charge is 2.15. The molecule has 0 radical (unpaired) electrons. The van der Waals surface area contributed by atoms with Crippen LogP contribution in [-0.4, -0.2) is 38.0 Å². The molecule has 0 saturated heterocycles. The van der Waals surface area contributed by atoms with Crippen LogP contribution >= 0.6 is 22.6 Å². The van der Waals surface area contributed by atoms with Crippen LogP contribution in [0.2, 0.25) is 0 Å². The largest absolute Gasteiger partial charge is 0.493 e. The predicted octanol–water partition coefficient (Wildman–Crippen LogP) is 4.46. The van der Waals surface area contributed by atoms with Crippen molar-refractivity contribution in [2.24, 2.45) is 5.10 Å². The summed E-state index contributed by atoms with van der Waals surface area (Å²) in [4.78, 5) is 0.